The molecule has 0 bridgehead atoms. The fourth-order valence-corrected chi connectivity index (χ4v) is 4.49. The molecule has 4 aromatic rings. The normalized spacial score (nSPS) is 11.6. The van der Waals surface area contributed by atoms with Crippen molar-refractivity contribution in [2.45, 2.75) is 45.7 Å². The van der Waals surface area contributed by atoms with Gasteiger partial charge in [0.2, 0.25) is 5.91 Å². The summed E-state index contributed by atoms with van der Waals surface area (Å²) in [5.41, 5.74) is 3.11. The predicted molar refractivity (Wildman–Crippen MR) is 153 cm³/mol. The Morgan fingerprint density at radius 2 is 1.55 bits per heavy atom. The summed E-state index contributed by atoms with van der Waals surface area (Å²) in [5.74, 6) is 0.275. The molecule has 0 spiro atoms. The fourth-order valence-electron chi connectivity index (χ4n) is 4.49. The molecule has 0 aromatic heterocycles. The van der Waals surface area contributed by atoms with Gasteiger partial charge < -0.3 is 15.0 Å². The van der Waals surface area contributed by atoms with Crippen LogP contribution in [0, 0.1) is 6.92 Å². The summed E-state index contributed by atoms with van der Waals surface area (Å²) in [5, 5.41) is 5.06. The maximum Gasteiger partial charge on any atom is 0.261 e. The van der Waals surface area contributed by atoms with Gasteiger partial charge in [0.1, 0.15) is 11.8 Å². The number of aryl methyl sites for hydroxylation is 1. The third-order valence-electron chi connectivity index (χ3n) is 6.67. The van der Waals surface area contributed by atoms with Gasteiger partial charge in [0.05, 0.1) is 0 Å². The zero-order valence-electron chi connectivity index (χ0n) is 22.2. The average molecular weight is 509 g/mol. The number of hydrogen-bond donors (Lipinski definition) is 1. The van der Waals surface area contributed by atoms with Crippen LogP contribution in [0.4, 0.5) is 0 Å². The van der Waals surface area contributed by atoms with E-state index < -0.39 is 6.04 Å². The zero-order chi connectivity index (χ0) is 26.7. The molecule has 2 amide bonds. The van der Waals surface area contributed by atoms with Gasteiger partial charge in [-0.3, -0.25) is 9.59 Å². The Balaban J connectivity index is 1.62. The van der Waals surface area contributed by atoms with Gasteiger partial charge in [-0.15, -0.1) is 0 Å². The van der Waals surface area contributed by atoms with Gasteiger partial charge >= 0.3 is 0 Å². The lowest BCUT2D eigenvalue weighted by atomic mass is 10.0. The highest BCUT2D eigenvalue weighted by Gasteiger charge is 2.30. The Labute approximate surface area is 225 Å². The number of ether oxygens (including phenoxy) is 1. The van der Waals surface area contributed by atoms with Crippen LogP contribution in [0.5, 0.6) is 5.75 Å². The third-order valence-corrected chi connectivity index (χ3v) is 6.67. The Bertz CT molecular complexity index is 1330. The van der Waals surface area contributed by atoms with Crippen LogP contribution in [0.1, 0.15) is 36.5 Å². The molecule has 0 aliphatic heterocycles. The van der Waals surface area contributed by atoms with Gasteiger partial charge in [0, 0.05) is 24.9 Å². The van der Waals surface area contributed by atoms with E-state index in [-0.39, 0.29) is 18.4 Å². The smallest absolute Gasteiger partial charge is 0.261 e. The second-order valence-electron chi connectivity index (χ2n) is 9.62. The Morgan fingerprint density at radius 1 is 0.842 bits per heavy atom. The van der Waals surface area contributed by atoms with E-state index in [4.69, 9.17) is 4.74 Å². The van der Waals surface area contributed by atoms with E-state index >= 15 is 0 Å². The quantitative estimate of drug-likeness (QED) is 0.236. The Kier molecular flexibility index (Phi) is 9.52. The topological polar surface area (TPSA) is 58.6 Å². The van der Waals surface area contributed by atoms with E-state index in [2.05, 4.69) is 12.2 Å². The van der Waals surface area contributed by atoms with Gasteiger partial charge in [-0.2, -0.15) is 0 Å². The summed E-state index contributed by atoms with van der Waals surface area (Å²) in [7, 11) is 0. The van der Waals surface area contributed by atoms with Crippen LogP contribution < -0.4 is 10.1 Å². The molecule has 1 N–H and O–H groups in total. The van der Waals surface area contributed by atoms with Crippen LogP contribution in [0.15, 0.2) is 97.1 Å². The number of hydrogen-bond acceptors (Lipinski definition) is 3. The second-order valence-corrected chi connectivity index (χ2v) is 9.62. The summed E-state index contributed by atoms with van der Waals surface area (Å²) >= 11 is 0. The van der Waals surface area contributed by atoms with Crippen molar-refractivity contribution >= 4 is 22.6 Å². The van der Waals surface area contributed by atoms with Crippen molar-refractivity contribution in [3.8, 4) is 5.75 Å². The standard InChI is InChI=1S/C33H36N2O3/c1-3-4-21-34-33(37)30(22-26-11-6-5-7-12-26)35(23-27-19-17-25(2)18-20-27)32(36)24-38-31-16-10-14-28-13-8-9-15-29(28)31/h5-20,30H,3-4,21-24H2,1-2H3,(H,34,37)/t30-/m1/s1. The van der Waals surface area contributed by atoms with E-state index in [1.165, 1.54) is 0 Å². The largest absolute Gasteiger partial charge is 0.483 e. The van der Waals surface area contributed by atoms with E-state index in [0.29, 0.717) is 25.3 Å². The van der Waals surface area contributed by atoms with E-state index in [9.17, 15) is 9.59 Å². The summed E-state index contributed by atoms with van der Waals surface area (Å²) in [6, 6.07) is 31.0. The van der Waals surface area contributed by atoms with Crippen LogP contribution >= 0.6 is 0 Å². The first-order chi connectivity index (χ1) is 18.5. The molecule has 0 saturated carbocycles. The van der Waals surface area contributed by atoms with Crippen LogP contribution in [0.3, 0.4) is 0 Å². The number of nitrogens with zero attached hydrogens (tertiary/aromatic N) is 1. The monoisotopic (exact) mass is 508 g/mol. The lowest BCUT2D eigenvalue weighted by Crippen LogP contribution is -2.51. The number of carbonyl (C=O) groups excluding carboxylic acids is 2. The van der Waals surface area contributed by atoms with Crippen molar-refractivity contribution in [3.05, 3.63) is 114 Å². The molecule has 0 aliphatic rings. The van der Waals surface area contributed by atoms with Crippen molar-refractivity contribution < 1.29 is 14.3 Å². The molecule has 0 aliphatic carbocycles. The number of rotatable bonds is 12. The molecule has 38 heavy (non-hydrogen) atoms. The van der Waals surface area contributed by atoms with Crippen molar-refractivity contribution in [1.29, 1.82) is 0 Å². The van der Waals surface area contributed by atoms with Gasteiger partial charge in [0.25, 0.3) is 5.91 Å². The van der Waals surface area contributed by atoms with Crippen LogP contribution in [-0.4, -0.2) is 35.9 Å². The maximum absolute atomic E-state index is 13.8. The summed E-state index contributed by atoms with van der Waals surface area (Å²) < 4.78 is 6.07. The summed E-state index contributed by atoms with van der Waals surface area (Å²) in [6.07, 6.45) is 2.29. The molecule has 0 unspecified atom stereocenters. The minimum absolute atomic E-state index is 0.145. The number of unbranched alkanes of at least 4 members (excludes halogenated alkanes) is 1. The number of amides is 2. The summed E-state index contributed by atoms with van der Waals surface area (Å²) in [6.45, 7) is 4.86. The van der Waals surface area contributed by atoms with Gasteiger partial charge in [-0.05, 0) is 35.9 Å². The first-order valence-corrected chi connectivity index (χ1v) is 13.3. The number of fused-ring (bicyclic) bond motifs is 1. The minimum Gasteiger partial charge on any atom is -0.483 e. The molecule has 1 atom stereocenters. The molecule has 5 heteroatoms. The van der Waals surface area contributed by atoms with Gasteiger partial charge in [-0.25, -0.2) is 0 Å². The molecular formula is C33H36N2O3. The van der Waals surface area contributed by atoms with Crippen molar-refractivity contribution in [2.24, 2.45) is 0 Å². The van der Waals surface area contributed by atoms with Crippen molar-refractivity contribution in [3.63, 3.8) is 0 Å². The van der Waals surface area contributed by atoms with Crippen LogP contribution in [0.2, 0.25) is 0 Å². The van der Waals surface area contributed by atoms with Gasteiger partial charge in [-0.1, -0.05) is 110 Å². The zero-order valence-corrected chi connectivity index (χ0v) is 22.2. The lowest BCUT2D eigenvalue weighted by molar-refractivity contribution is -0.142. The van der Waals surface area contributed by atoms with E-state index in [1.807, 2.05) is 104 Å². The molecule has 5 nitrogen and oxygen atoms in total. The summed E-state index contributed by atoms with van der Waals surface area (Å²) in [4.78, 5) is 29.0. The van der Waals surface area contributed by atoms with E-state index in [1.54, 1.807) is 4.90 Å². The number of nitrogens with one attached hydrogen (secondary N) is 1. The molecule has 196 valence electrons. The minimum atomic E-state index is -0.667. The average Bonchev–Trinajstić information content (AvgIpc) is 2.95. The molecule has 0 fully saturated rings. The first-order valence-electron chi connectivity index (χ1n) is 13.3. The molecule has 0 saturated heterocycles. The molecule has 4 rings (SSSR count). The fraction of sp³-hybridized carbons (Fsp3) is 0.273. The molecule has 0 radical (unpaired) electrons. The number of carbonyl (C=O) groups is 2. The van der Waals surface area contributed by atoms with Crippen molar-refractivity contribution in [1.82, 2.24) is 10.2 Å². The highest BCUT2D eigenvalue weighted by atomic mass is 16.5. The third kappa shape index (κ3) is 7.22. The second kappa shape index (κ2) is 13.4. The maximum atomic E-state index is 13.8. The number of benzene rings is 4. The first kappa shape index (κ1) is 26.9. The SMILES string of the molecule is CCCCNC(=O)[C@@H](Cc1ccccc1)N(Cc1ccc(C)cc1)C(=O)COc1cccc2ccccc12. The van der Waals surface area contributed by atoms with Gasteiger partial charge in [0.15, 0.2) is 6.61 Å². The lowest BCUT2D eigenvalue weighted by Gasteiger charge is -2.31. The predicted octanol–water partition coefficient (Wildman–Crippen LogP) is 6.08. The Morgan fingerprint density at radius 3 is 2.32 bits per heavy atom. The van der Waals surface area contributed by atoms with Crippen LogP contribution in [0.25, 0.3) is 10.8 Å². The highest BCUT2D eigenvalue weighted by Crippen LogP contribution is 2.25. The van der Waals surface area contributed by atoms with Crippen molar-refractivity contribution in [2.75, 3.05) is 13.2 Å². The molecule has 0 heterocycles. The highest BCUT2D eigenvalue weighted by molar-refractivity contribution is 5.90. The molecular weight excluding hydrogens is 472 g/mol. The van der Waals surface area contributed by atoms with E-state index in [0.717, 1.165) is 40.3 Å². The Hall–Kier alpha value is -4.12. The van der Waals surface area contributed by atoms with Crippen LogP contribution in [-0.2, 0) is 22.6 Å². The molecule has 4 aromatic carbocycles.